The van der Waals surface area contributed by atoms with Crippen LogP contribution in [0.2, 0.25) is 0 Å². The van der Waals surface area contributed by atoms with Gasteiger partial charge in [-0.25, -0.2) is 9.59 Å². The molecule has 1 heterocycles. The molecular weight excluding hydrogens is 262 g/mol. The molecule has 2 rings (SSSR count). The van der Waals surface area contributed by atoms with E-state index in [4.69, 9.17) is 9.84 Å². The van der Waals surface area contributed by atoms with Crippen LogP contribution in [0.5, 0.6) is 0 Å². The molecule has 0 radical (unpaired) electrons. The molecule has 108 valence electrons. The van der Waals surface area contributed by atoms with Crippen molar-refractivity contribution < 1.29 is 24.5 Å². The molecule has 20 heavy (non-hydrogen) atoms. The minimum Gasteiger partial charge on any atom is -0.479 e. The zero-order valence-corrected chi connectivity index (χ0v) is 11.0. The molecule has 0 bridgehead atoms. The topological polar surface area (TPSA) is 87.1 Å². The summed E-state index contributed by atoms with van der Waals surface area (Å²) in [5.74, 6) is -1.15. The largest absolute Gasteiger partial charge is 0.479 e. The van der Waals surface area contributed by atoms with Crippen molar-refractivity contribution in [2.75, 3.05) is 13.2 Å². The van der Waals surface area contributed by atoms with Crippen LogP contribution in [-0.4, -0.2) is 45.9 Å². The van der Waals surface area contributed by atoms with Crippen molar-refractivity contribution in [1.82, 2.24) is 4.90 Å². The first-order valence-electron chi connectivity index (χ1n) is 6.42. The van der Waals surface area contributed by atoms with Gasteiger partial charge in [-0.2, -0.15) is 0 Å². The number of rotatable bonds is 5. The fraction of sp³-hybridized carbons (Fsp3) is 0.429. The van der Waals surface area contributed by atoms with Gasteiger partial charge in [-0.1, -0.05) is 30.3 Å². The molecule has 0 aromatic heterocycles. The fourth-order valence-electron chi connectivity index (χ4n) is 2.50. The van der Waals surface area contributed by atoms with Crippen molar-refractivity contribution >= 4 is 12.1 Å². The SMILES string of the molecule is O=C(O)N1CCCC1(COCc1ccccc1)C(=O)O. The van der Waals surface area contributed by atoms with E-state index < -0.39 is 17.6 Å². The van der Waals surface area contributed by atoms with E-state index in [2.05, 4.69) is 0 Å². The van der Waals surface area contributed by atoms with Gasteiger partial charge in [0, 0.05) is 6.54 Å². The Labute approximate surface area is 116 Å². The van der Waals surface area contributed by atoms with Crippen molar-refractivity contribution in [3.8, 4) is 0 Å². The lowest BCUT2D eigenvalue weighted by Gasteiger charge is -2.32. The first kappa shape index (κ1) is 14.3. The molecule has 1 aromatic carbocycles. The van der Waals surface area contributed by atoms with E-state index in [0.29, 0.717) is 6.42 Å². The van der Waals surface area contributed by atoms with Gasteiger partial charge in [-0.3, -0.25) is 4.90 Å². The first-order valence-corrected chi connectivity index (χ1v) is 6.42. The second-order valence-electron chi connectivity index (χ2n) is 4.85. The standard InChI is InChI=1S/C14H17NO5/c16-12(17)14(7-4-8-15(14)13(18)19)10-20-9-11-5-2-1-3-6-11/h1-3,5-6H,4,7-10H2,(H,16,17)(H,18,19). The summed E-state index contributed by atoms with van der Waals surface area (Å²) in [7, 11) is 0. The Kier molecular flexibility index (Phi) is 4.24. The molecule has 1 saturated heterocycles. The van der Waals surface area contributed by atoms with E-state index in [1.165, 1.54) is 0 Å². The van der Waals surface area contributed by atoms with Crippen molar-refractivity contribution in [2.24, 2.45) is 0 Å². The van der Waals surface area contributed by atoms with Crippen molar-refractivity contribution in [2.45, 2.75) is 25.0 Å². The number of ether oxygens (including phenoxy) is 1. The zero-order chi connectivity index (χ0) is 14.6. The molecule has 2 N–H and O–H groups in total. The number of likely N-dealkylation sites (tertiary alicyclic amines) is 1. The van der Waals surface area contributed by atoms with E-state index in [1.54, 1.807) is 0 Å². The summed E-state index contributed by atoms with van der Waals surface area (Å²) in [4.78, 5) is 23.6. The summed E-state index contributed by atoms with van der Waals surface area (Å²) < 4.78 is 5.46. The van der Waals surface area contributed by atoms with Gasteiger partial charge in [0.25, 0.3) is 0 Å². The highest BCUT2D eigenvalue weighted by atomic mass is 16.5. The normalized spacial score (nSPS) is 21.9. The van der Waals surface area contributed by atoms with E-state index in [0.717, 1.165) is 10.5 Å². The number of hydrogen-bond acceptors (Lipinski definition) is 3. The number of amides is 1. The summed E-state index contributed by atoms with van der Waals surface area (Å²) in [5, 5.41) is 18.5. The first-order chi connectivity index (χ1) is 9.56. The molecule has 1 unspecified atom stereocenters. The average molecular weight is 279 g/mol. The smallest absolute Gasteiger partial charge is 0.408 e. The molecule has 0 saturated carbocycles. The van der Waals surface area contributed by atoms with Gasteiger partial charge in [-0.15, -0.1) is 0 Å². The van der Waals surface area contributed by atoms with E-state index in [9.17, 15) is 14.7 Å². The summed E-state index contributed by atoms with van der Waals surface area (Å²) in [5.41, 5.74) is -0.534. The summed E-state index contributed by atoms with van der Waals surface area (Å²) >= 11 is 0. The van der Waals surface area contributed by atoms with Crippen LogP contribution in [0.4, 0.5) is 4.79 Å². The number of nitrogens with zero attached hydrogens (tertiary/aromatic N) is 1. The van der Waals surface area contributed by atoms with Crippen LogP contribution < -0.4 is 0 Å². The molecule has 1 aliphatic heterocycles. The predicted octanol–water partition coefficient (Wildman–Crippen LogP) is 1.80. The Bertz CT molecular complexity index is 490. The van der Waals surface area contributed by atoms with Crippen LogP contribution >= 0.6 is 0 Å². The van der Waals surface area contributed by atoms with Crippen LogP contribution in [0, 0.1) is 0 Å². The summed E-state index contributed by atoms with van der Waals surface area (Å²) in [6.07, 6.45) is -0.398. The maximum absolute atomic E-state index is 11.5. The number of carboxylic acid groups (broad SMARTS) is 2. The summed E-state index contributed by atoms with van der Waals surface area (Å²) in [6.45, 7) is 0.364. The van der Waals surface area contributed by atoms with Crippen molar-refractivity contribution in [3.05, 3.63) is 35.9 Å². The van der Waals surface area contributed by atoms with E-state index in [-0.39, 0.29) is 26.2 Å². The average Bonchev–Trinajstić information content (AvgIpc) is 2.85. The van der Waals surface area contributed by atoms with Crippen molar-refractivity contribution in [1.29, 1.82) is 0 Å². The van der Waals surface area contributed by atoms with Gasteiger partial charge in [0.1, 0.15) is 0 Å². The molecule has 0 aliphatic carbocycles. The molecule has 1 aromatic rings. The molecule has 1 atom stereocenters. The second-order valence-corrected chi connectivity index (χ2v) is 4.85. The lowest BCUT2D eigenvalue weighted by atomic mass is 9.98. The number of aliphatic carboxylic acids is 1. The quantitative estimate of drug-likeness (QED) is 0.858. The molecule has 1 amide bonds. The van der Waals surface area contributed by atoms with Gasteiger partial charge in [-0.05, 0) is 18.4 Å². The van der Waals surface area contributed by atoms with Gasteiger partial charge >= 0.3 is 12.1 Å². The fourth-order valence-corrected chi connectivity index (χ4v) is 2.50. The van der Waals surface area contributed by atoms with Crippen LogP contribution in [0.15, 0.2) is 30.3 Å². The highest BCUT2D eigenvalue weighted by Crippen LogP contribution is 2.30. The van der Waals surface area contributed by atoms with Gasteiger partial charge in [0.05, 0.1) is 13.2 Å². The minimum atomic E-state index is -1.46. The zero-order valence-electron chi connectivity index (χ0n) is 11.0. The number of hydrogen-bond donors (Lipinski definition) is 2. The van der Waals surface area contributed by atoms with Crippen LogP contribution in [0.1, 0.15) is 18.4 Å². The maximum atomic E-state index is 11.5. The van der Waals surface area contributed by atoms with Gasteiger partial charge in [0.15, 0.2) is 5.54 Å². The second kappa shape index (κ2) is 5.92. The molecule has 1 aliphatic rings. The van der Waals surface area contributed by atoms with Crippen molar-refractivity contribution in [3.63, 3.8) is 0 Å². The third kappa shape index (κ3) is 2.75. The monoisotopic (exact) mass is 279 g/mol. The van der Waals surface area contributed by atoms with Crippen LogP contribution in [-0.2, 0) is 16.1 Å². The Morgan fingerprint density at radius 1 is 1.25 bits per heavy atom. The third-order valence-electron chi connectivity index (χ3n) is 3.57. The number of benzene rings is 1. The highest BCUT2D eigenvalue weighted by molar-refractivity contribution is 5.84. The maximum Gasteiger partial charge on any atom is 0.408 e. The minimum absolute atomic E-state index is 0.135. The summed E-state index contributed by atoms with van der Waals surface area (Å²) in [6, 6.07) is 9.36. The Balaban J connectivity index is 2.03. The predicted molar refractivity (Wildman–Crippen MR) is 70.4 cm³/mol. The highest BCUT2D eigenvalue weighted by Gasteiger charge is 2.50. The number of carboxylic acids is 1. The van der Waals surface area contributed by atoms with E-state index >= 15 is 0 Å². The Morgan fingerprint density at radius 2 is 1.95 bits per heavy atom. The number of carbonyl (C=O) groups is 2. The molecule has 0 spiro atoms. The lowest BCUT2D eigenvalue weighted by molar-refractivity contribution is -0.153. The molecule has 6 heteroatoms. The Morgan fingerprint density at radius 3 is 2.55 bits per heavy atom. The van der Waals surface area contributed by atoms with Crippen LogP contribution in [0.3, 0.4) is 0 Å². The van der Waals surface area contributed by atoms with Crippen LogP contribution in [0.25, 0.3) is 0 Å². The molecule has 1 fully saturated rings. The van der Waals surface area contributed by atoms with Gasteiger partial charge < -0.3 is 14.9 Å². The lowest BCUT2D eigenvalue weighted by Crippen LogP contribution is -2.55. The van der Waals surface area contributed by atoms with Gasteiger partial charge in [0.2, 0.25) is 0 Å². The molecule has 6 nitrogen and oxygen atoms in total. The Hall–Kier alpha value is -2.08. The third-order valence-corrected chi connectivity index (χ3v) is 3.57. The molecular formula is C14H17NO5. The van der Waals surface area contributed by atoms with E-state index in [1.807, 2.05) is 30.3 Å².